The number of nitrogens with two attached hydrogens (primary N) is 1. The Kier molecular flexibility index (Phi) is 6.52. The van der Waals surface area contributed by atoms with Crippen LogP contribution in [-0.4, -0.2) is 16.2 Å². The molecular weight excluding hydrogens is 309 g/mol. The third-order valence-electron chi connectivity index (χ3n) is 2.33. The number of rotatable bonds is 4. The number of carbonyl (C=O) groups is 1. The van der Waals surface area contributed by atoms with Gasteiger partial charge in [-0.25, -0.2) is 4.79 Å². The molecule has 1 atom stereocenters. The van der Waals surface area contributed by atoms with E-state index >= 15 is 0 Å². The molecule has 17 heavy (non-hydrogen) atoms. The summed E-state index contributed by atoms with van der Waals surface area (Å²) in [5.74, 6) is -1.40. The highest BCUT2D eigenvalue weighted by molar-refractivity contribution is 9.10. The van der Waals surface area contributed by atoms with Gasteiger partial charge in [0.2, 0.25) is 0 Å². The minimum absolute atomic E-state index is 0. The summed E-state index contributed by atoms with van der Waals surface area (Å²) in [5.41, 5.74) is 6.21. The van der Waals surface area contributed by atoms with E-state index in [4.69, 9.17) is 10.8 Å². The number of hydrogen-bond donors (Lipinski definition) is 3. The van der Waals surface area contributed by atoms with Crippen LogP contribution in [0.4, 0.5) is 0 Å². The molecule has 6 heteroatoms. The summed E-state index contributed by atoms with van der Waals surface area (Å²) in [6.07, 6.45) is 1.57. The Morgan fingerprint density at radius 1 is 1.53 bits per heavy atom. The van der Waals surface area contributed by atoms with Crippen molar-refractivity contribution in [1.29, 1.82) is 0 Å². The van der Waals surface area contributed by atoms with Crippen molar-refractivity contribution in [3.63, 3.8) is 0 Å². The summed E-state index contributed by atoms with van der Waals surface area (Å²) in [6.45, 7) is 1.98. The molecule has 0 amide bonds. The summed E-state index contributed by atoms with van der Waals surface area (Å²) in [4.78, 5) is 10.9. The van der Waals surface area contributed by atoms with Crippen LogP contribution in [0.1, 0.15) is 41.7 Å². The molecule has 0 heterocycles. The molecule has 1 aromatic rings. The molecule has 0 aromatic heterocycles. The molecule has 0 aliphatic rings. The van der Waals surface area contributed by atoms with Gasteiger partial charge in [-0.05, 0) is 18.6 Å². The predicted octanol–water partition coefficient (Wildman–Crippen LogP) is 3.07. The number of aromatic hydroxyl groups is 1. The normalized spacial score (nSPS) is 11.7. The molecule has 0 aliphatic heterocycles. The molecule has 4 nitrogen and oxygen atoms in total. The molecule has 0 unspecified atom stereocenters. The zero-order chi connectivity index (χ0) is 12.3. The lowest BCUT2D eigenvalue weighted by Gasteiger charge is -2.14. The van der Waals surface area contributed by atoms with Gasteiger partial charge in [0.1, 0.15) is 11.3 Å². The topological polar surface area (TPSA) is 83.6 Å². The second-order valence-electron chi connectivity index (χ2n) is 3.59. The fraction of sp³-hybridized carbons (Fsp3) is 0.364. The summed E-state index contributed by atoms with van der Waals surface area (Å²) in [6, 6.07) is 2.67. The SMILES string of the molecule is CCC[C@@H](N)c1cc(Br)cc(C(=O)O)c1O.Cl. The molecule has 0 aliphatic carbocycles. The van der Waals surface area contributed by atoms with Crippen molar-refractivity contribution in [1.82, 2.24) is 0 Å². The van der Waals surface area contributed by atoms with E-state index in [-0.39, 0.29) is 29.8 Å². The van der Waals surface area contributed by atoms with Crippen molar-refractivity contribution in [2.45, 2.75) is 25.8 Å². The zero-order valence-corrected chi connectivity index (χ0v) is 11.7. The fourth-order valence-corrected chi connectivity index (χ4v) is 2.01. The van der Waals surface area contributed by atoms with Crippen LogP contribution >= 0.6 is 28.3 Å². The Balaban J connectivity index is 0.00000256. The number of aromatic carboxylic acids is 1. The van der Waals surface area contributed by atoms with E-state index < -0.39 is 5.97 Å². The van der Waals surface area contributed by atoms with Crippen LogP contribution in [0, 0.1) is 0 Å². The molecule has 0 radical (unpaired) electrons. The number of halogens is 2. The first-order valence-electron chi connectivity index (χ1n) is 4.98. The van der Waals surface area contributed by atoms with Crippen LogP contribution in [-0.2, 0) is 0 Å². The summed E-state index contributed by atoms with van der Waals surface area (Å²) >= 11 is 3.20. The molecule has 0 spiro atoms. The Labute approximate surface area is 114 Å². The first kappa shape index (κ1) is 16.2. The highest BCUT2D eigenvalue weighted by Gasteiger charge is 2.18. The molecule has 96 valence electrons. The standard InChI is InChI=1S/C11H14BrNO3.ClH/c1-2-3-9(13)7-4-6(12)5-8(10(7)14)11(15)16;/h4-5,9,14H,2-3,13H2,1H3,(H,15,16);1H/t9-;/m1./s1. The van der Waals surface area contributed by atoms with Crippen molar-refractivity contribution in [2.24, 2.45) is 5.73 Å². The van der Waals surface area contributed by atoms with Crippen LogP contribution < -0.4 is 5.73 Å². The Morgan fingerprint density at radius 2 is 2.12 bits per heavy atom. The highest BCUT2D eigenvalue weighted by atomic mass is 79.9. The molecular formula is C11H15BrClNO3. The largest absolute Gasteiger partial charge is 0.507 e. The first-order valence-corrected chi connectivity index (χ1v) is 5.78. The van der Waals surface area contributed by atoms with E-state index in [0.29, 0.717) is 16.5 Å². The van der Waals surface area contributed by atoms with Gasteiger partial charge >= 0.3 is 5.97 Å². The lowest BCUT2D eigenvalue weighted by Crippen LogP contribution is -2.11. The number of carboxylic acid groups (broad SMARTS) is 1. The van der Waals surface area contributed by atoms with E-state index in [9.17, 15) is 9.90 Å². The Bertz CT molecular complexity index is 412. The van der Waals surface area contributed by atoms with Crippen molar-refractivity contribution < 1.29 is 15.0 Å². The second-order valence-corrected chi connectivity index (χ2v) is 4.51. The third kappa shape index (κ3) is 3.87. The van der Waals surface area contributed by atoms with Gasteiger partial charge in [0.15, 0.2) is 0 Å². The van der Waals surface area contributed by atoms with Gasteiger partial charge in [0.25, 0.3) is 0 Å². The van der Waals surface area contributed by atoms with Crippen molar-refractivity contribution >= 4 is 34.3 Å². The average Bonchev–Trinajstić information content (AvgIpc) is 2.20. The highest BCUT2D eigenvalue weighted by Crippen LogP contribution is 2.32. The Morgan fingerprint density at radius 3 is 2.59 bits per heavy atom. The van der Waals surface area contributed by atoms with Gasteiger partial charge in [-0.15, -0.1) is 12.4 Å². The van der Waals surface area contributed by atoms with Gasteiger partial charge < -0.3 is 15.9 Å². The average molecular weight is 325 g/mol. The van der Waals surface area contributed by atoms with Crippen molar-refractivity contribution in [3.8, 4) is 5.75 Å². The Hall–Kier alpha value is -0.780. The fourth-order valence-electron chi connectivity index (χ4n) is 1.53. The van der Waals surface area contributed by atoms with Crippen LogP contribution in [0.5, 0.6) is 5.75 Å². The number of hydrogen-bond acceptors (Lipinski definition) is 3. The lowest BCUT2D eigenvalue weighted by molar-refractivity contribution is 0.0693. The molecule has 1 rings (SSSR count). The van der Waals surface area contributed by atoms with Crippen LogP contribution in [0.2, 0.25) is 0 Å². The van der Waals surface area contributed by atoms with Gasteiger partial charge in [-0.2, -0.15) is 0 Å². The van der Waals surface area contributed by atoms with E-state index in [0.717, 1.165) is 6.42 Å². The van der Waals surface area contributed by atoms with Gasteiger partial charge in [0, 0.05) is 16.1 Å². The van der Waals surface area contributed by atoms with Crippen LogP contribution in [0.15, 0.2) is 16.6 Å². The molecule has 0 saturated heterocycles. The van der Waals surface area contributed by atoms with Gasteiger partial charge in [0.05, 0.1) is 0 Å². The molecule has 0 bridgehead atoms. The zero-order valence-electron chi connectivity index (χ0n) is 9.31. The maximum Gasteiger partial charge on any atom is 0.339 e. The first-order chi connectivity index (χ1) is 7.47. The van der Waals surface area contributed by atoms with Crippen LogP contribution in [0.25, 0.3) is 0 Å². The second kappa shape index (κ2) is 6.83. The molecule has 0 fully saturated rings. The predicted molar refractivity (Wildman–Crippen MR) is 71.9 cm³/mol. The molecule has 0 saturated carbocycles. The molecule has 1 aromatic carbocycles. The van der Waals surface area contributed by atoms with Gasteiger partial charge in [-0.1, -0.05) is 29.3 Å². The summed E-state index contributed by atoms with van der Waals surface area (Å²) in [5, 5.41) is 18.7. The van der Waals surface area contributed by atoms with Crippen molar-refractivity contribution in [3.05, 3.63) is 27.7 Å². The lowest BCUT2D eigenvalue weighted by atomic mass is 9.99. The quantitative estimate of drug-likeness (QED) is 0.794. The van der Waals surface area contributed by atoms with Crippen molar-refractivity contribution in [2.75, 3.05) is 0 Å². The number of benzene rings is 1. The maximum atomic E-state index is 10.9. The number of carboxylic acids is 1. The summed E-state index contributed by atoms with van der Waals surface area (Å²) in [7, 11) is 0. The maximum absolute atomic E-state index is 10.9. The van der Waals surface area contributed by atoms with Gasteiger partial charge in [-0.3, -0.25) is 0 Å². The third-order valence-corrected chi connectivity index (χ3v) is 2.79. The smallest absolute Gasteiger partial charge is 0.339 e. The molecule has 4 N–H and O–H groups in total. The van der Waals surface area contributed by atoms with E-state index in [1.807, 2.05) is 6.92 Å². The van der Waals surface area contributed by atoms with E-state index in [2.05, 4.69) is 15.9 Å². The summed E-state index contributed by atoms with van der Waals surface area (Å²) < 4.78 is 0.601. The minimum Gasteiger partial charge on any atom is -0.507 e. The van der Waals surface area contributed by atoms with E-state index in [1.165, 1.54) is 6.07 Å². The number of phenols is 1. The van der Waals surface area contributed by atoms with E-state index in [1.54, 1.807) is 6.07 Å². The minimum atomic E-state index is -1.16. The van der Waals surface area contributed by atoms with Crippen LogP contribution in [0.3, 0.4) is 0 Å². The monoisotopic (exact) mass is 323 g/mol.